The Labute approximate surface area is 179 Å². The van der Waals surface area contributed by atoms with E-state index in [2.05, 4.69) is 10.3 Å². The zero-order chi connectivity index (χ0) is 21.8. The Kier molecular flexibility index (Phi) is 6.08. The van der Waals surface area contributed by atoms with Gasteiger partial charge in [0.15, 0.2) is 0 Å². The van der Waals surface area contributed by atoms with Crippen molar-refractivity contribution in [3.63, 3.8) is 0 Å². The minimum atomic E-state index is -3.59. The van der Waals surface area contributed by atoms with E-state index in [9.17, 15) is 17.6 Å². The number of amides is 1. The quantitative estimate of drug-likeness (QED) is 0.657. The van der Waals surface area contributed by atoms with E-state index in [1.165, 1.54) is 34.8 Å². The molecule has 0 spiro atoms. The molecule has 160 valence electrons. The number of ether oxygens (including phenoxy) is 1. The zero-order valence-corrected chi connectivity index (χ0v) is 17.3. The molecular weight excluding hydrogens is 421 g/mol. The van der Waals surface area contributed by atoms with Crippen LogP contribution >= 0.6 is 0 Å². The number of anilines is 1. The van der Waals surface area contributed by atoms with Crippen molar-refractivity contribution in [3.8, 4) is 11.3 Å². The molecule has 3 aromatic rings. The molecule has 1 N–H and O–H groups in total. The van der Waals surface area contributed by atoms with Gasteiger partial charge in [0, 0.05) is 36.1 Å². The van der Waals surface area contributed by atoms with Crippen molar-refractivity contribution in [2.45, 2.75) is 4.90 Å². The van der Waals surface area contributed by atoms with E-state index >= 15 is 0 Å². The van der Waals surface area contributed by atoms with E-state index < -0.39 is 15.8 Å². The van der Waals surface area contributed by atoms with Crippen LogP contribution in [0.3, 0.4) is 0 Å². The molecule has 0 unspecified atom stereocenters. The Hall–Kier alpha value is -3.14. The van der Waals surface area contributed by atoms with Gasteiger partial charge >= 0.3 is 0 Å². The van der Waals surface area contributed by atoms with Crippen LogP contribution in [0.25, 0.3) is 11.3 Å². The highest BCUT2D eigenvalue weighted by Crippen LogP contribution is 2.22. The summed E-state index contributed by atoms with van der Waals surface area (Å²) in [5, 5.41) is 2.73. The second-order valence-electron chi connectivity index (χ2n) is 6.91. The number of rotatable bonds is 5. The largest absolute Gasteiger partial charge is 0.379 e. The molecule has 4 rings (SSSR count). The Bertz CT molecular complexity index is 1180. The summed E-state index contributed by atoms with van der Waals surface area (Å²) in [4.78, 5) is 16.7. The van der Waals surface area contributed by atoms with Gasteiger partial charge in [0.05, 0.1) is 18.1 Å². The minimum absolute atomic E-state index is 0.161. The second-order valence-corrected chi connectivity index (χ2v) is 8.84. The van der Waals surface area contributed by atoms with Gasteiger partial charge in [-0.1, -0.05) is 12.1 Å². The number of hydrogen-bond donors (Lipinski definition) is 1. The molecule has 0 aliphatic carbocycles. The summed E-state index contributed by atoms with van der Waals surface area (Å²) in [6, 6.07) is 15.3. The fraction of sp³-hybridized carbons (Fsp3) is 0.182. The minimum Gasteiger partial charge on any atom is -0.379 e. The summed E-state index contributed by atoms with van der Waals surface area (Å²) in [6.45, 7) is 1.39. The van der Waals surface area contributed by atoms with Crippen molar-refractivity contribution in [1.29, 1.82) is 0 Å². The van der Waals surface area contributed by atoms with E-state index in [1.807, 2.05) is 0 Å². The SMILES string of the molecule is O=C(Nc1ccc(S(=O)(=O)N2CCOCC2)cc1)c1ccc(-c2ncccc2F)cc1. The first-order valence-corrected chi connectivity index (χ1v) is 11.1. The smallest absolute Gasteiger partial charge is 0.255 e. The van der Waals surface area contributed by atoms with Crippen molar-refractivity contribution in [2.24, 2.45) is 0 Å². The Morgan fingerprint density at radius 1 is 1.00 bits per heavy atom. The van der Waals surface area contributed by atoms with E-state index in [-0.39, 0.29) is 16.5 Å². The molecule has 1 saturated heterocycles. The number of hydrogen-bond acceptors (Lipinski definition) is 5. The van der Waals surface area contributed by atoms with Crippen LogP contribution in [0.5, 0.6) is 0 Å². The molecule has 2 heterocycles. The standard InChI is InChI=1S/C22H20FN3O4S/c23-20-2-1-11-24-21(20)16-3-5-17(6-4-16)22(27)25-18-7-9-19(10-8-18)31(28,29)26-12-14-30-15-13-26/h1-11H,12-15H2,(H,25,27). The van der Waals surface area contributed by atoms with Crippen molar-refractivity contribution in [2.75, 3.05) is 31.6 Å². The third-order valence-corrected chi connectivity index (χ3v) is 6.81. The number of sulfonamides is 1. The number of pyridine rings is 1. The predicted octanol–water partition coefficient (Wildman–Crippen LogP) is 3.16. The van der Waals surface area contributed by atoms with Crippen LogP contribution < -0.4 is 5.32 Å². The molecule has 0 saturated carbocycles. The number of carbonyl (C=O) groups is 1. The van der Waals surface area contributed by atoms with Crippen LogP contribution in [0.1, 0.15) is 10.4 Å². The molecular formula is C22H20FN3O4S. The summed E-state index contributed by atoms with van der Waals surface area (Å²) in [7, 11) is -3.59. The van der Waals surface area contributed by atoms with Crippen LogP contribution in [0, 0.1) is 5.82 Å². The van der Waals surface area contributed by atoms with Crippen molar-refractivity contribution >= 4 is 21.6 Å². The summed E-state index contributed by atoms with van der Waals surface area (Å²) in [6.07, 6.45) is 1.50. The highest BCUT2D eigenvalue weighted by Gasteiger charge is 2.26. The first kappa shape index (κ1) is 21.1. The van der Waals surface area contributed by atoms with Crippen LogP contribution in [0.2, 0.25) is 0 Å². The molecule has 1 fully saturated rings. The summed E-state index contributed by atoms with van der Waals surface area (Å²) < 4.78 is 45.8. The summed E-state index contributed by atoms with van der Waals surface area (Å²) in [5.41, 5.74) is 1.62. The average Bonchev–Trinajstić information content (AvgIpc) is 2.80. The van der Waals surface area contributed by atoms with Gasteiger partial charge in [0.1, 0.15) is 11.5 Å². The number of morpholine rings is 1. The van der Waals surface area contributed by atoms with Crippen LogP contribution in [-0.2, 0) is 14.8 Å². The van der Waals surface area contributed by atoms with Gasteiger partial charge in [-0.2, -0.15) is 4.31 Å². The highest BCUT2D eigenvalue weighted by molar-refractivity contribution is 7.89. The summed E-state index contributed by atoms with van der Waals surface area (Å²) in [5.74, 6) is -0.802. The van der Waals surface area contributed by atoms with Gasteiger partial charge in [-0.25, -0.2) is 12.8 Å². The molecule has 1 amide bonds. The van der Waals surface area contributed by atoms with Gasteiger partial charge in [0.2, 0.25) is 10.0 Å². The van der Waals surface area contributed by atoms with Crippen LogP contribution in [0.4, 0.5) is 10.1 Å². The topological polar surface area (TPSA) is 88.6 Å². The monoisotopic (exact) mass is 441 g/mol. The lowest BCUT2D eigenvalue weighted by Crippen LogP contribution is -2.40. The fourth-order valence-corrected chi connectivity index (χ4v) is 4.64. The second kappa shape index (κ2) is 8.93. The predicted molar refractivity (Wildman–Crippen MR) is 114 cm³/mol. The molecule has 0 atom stereocenters. The lowest BCUT2D eigenvalue weighted by Gasteiger charge is -2.26. The molecule has 1 aromatic heterocycles. The van der Waals surface area contributed by atoms with Gasteiger partial charge in [0.25, 0.3) is 5.91 Å². The number of nitrogens with zero attached hydrogens (tertiary/aromatic N) is 2. The molecule has 0 radical (unpaired) electrons. The molecule has 9 heteroatoms. The van der Waals surface area contributed by atoms with E-state index in [0.717, 1.165) is 0 Å². The first-order valence-electron chi connectivity index (χ1n) is 9.65. The van der Waals surface area contributed by atoms with Crippen LogP contribution in [0.15, 0.2) is 71.8 Å². The Morgan fingerprint density at radius 3 is 2.32 bits per heavy atom. The van der Waals surface area contributed by atoms with E-state index in [0.29, 0.717) is 43.1 Å². The average molecular weight is 441 g/mol. The molecule has 31 heavy (non-hydrogen) atoms. The van der Waals surface area contributed by atoms with Crippen molar-refractivity contribution in [1.82, 2.24) is 9.29 Å². The maximum absolute atomic E-state index is 13.9. The third kappa shape index (κ3) is 4.63. The molecule has 0 bridgehead atoms. The normalized spacial score (nSPS) is 14.9. The number of halogens is 1. The van der Waals surface area contributed by atoms with Gasteiger partial charge < -0.3 is 10.1 Å². The molecule has 2 aromatic carbocycles. The number of aromatic nitrogens is 1. The molecule has 1 aliphatic rings. The van der Waals surface area contributed by atoms with Gasteiger partial charge in [-0.15, -0.1) is 0 Å². The molecule has 7 nitrogen and oxygen atoms in total. The lowest BCUT2D eigenvalue weighted by atomic mass is 10.1. The Balaban J connectivity index is 1.44. The van der Waals surface area contributed by atoms with E-state index in [4.69, 9.17) is 4.74 Å². The third-order valence-electron chi connectivity index (χ3n) is 4.90. The number of nitrogens with one attached hydrogen (secondary N) is 1. The molecule has 1 aliphatic heterocycles. The first-order chi connectivity index (χ1) is 14.9. The van der Waals surface area contributed by atoms with Gasteiger partial charge in [-0.05, 0) is 48.5 Å². The van der Waals surface area contributed by atoms with Crippen LogP contribution in [-0.4, -0.2) is 49.9 Å². The summed E-state index contributed by atoms with van der Waals surface area (Å²) >= 11 is 0. The fourth-order valence-electron chi connectivity index (χ4n) is 3.23. The highest BCUT2D eigenvalue weighted by atomic mass is 32.2. The zero-order valence-electron chi connectivity index (χ0n) is 16.5. The number of benzene rings is 2. The van der Waals surface area contributed by atoms with Gasteiger partial charge in [-0.3, -0.25) is 9.78 Å². The van der Waals surface area contributed by atoms with Crippen molar-refractivity contribution < 1.29 is 22.3 Å². The lowest BCUT2D eigenvalue weighted by molar-refractivity contribution is 0.0730. The Morgan fingerprint density at radius 2 is 1.68 bits per heavy atom. The van der Waals surface area contributed by atoms with Crippen molar-refractivity contribution in [3.05, 3.63) is 78.2 Å². The maximum atomic E-state index is 13.9. The maximum Gasteiger partial charge on any atom is 0.255 e. The van der Waals surface area contributed by atoms with E-state index in [1.54, 1.807) is 36.4 Å². The number of carbonyl (C=O) groups excluding carboxylic acids is 1.